The fourth-order valence-corrected chi connectivity index (χ4v) is 8.65. The lowest BCUT2D eigenvalue weighted by Crippen LogP contribution is -2.48. The standard InChI is InChI=1S/C44H46FN9O5/c1-24(2)41(43(58)53-23-31(55)16-38(53)42(57)48-25(3)26-8-10-29(45)11-9-26)40-19-33(51-59-40)28-20-46-44(47-21-28)52-15-14-27(22-52)36-18-35-37(54(36)30-12-13-30)17-34(49-50-35)32-6-4-5-7-39(32)56/h4-11,17-21,24-25,27,30-31,38,41,55-56H,12-16,22-23H2,1-3H3,(H,48,57)/t25-,27-,31+,38-,41+/m0/s1. The Hall–Kier alpha value is -6.22. The summed E-state index contributed by atoms with van der Waals surface area (Å²) >= 11 is 0. The Morgan fingerprint density at radius 1 is 0.932 bits per heavy atom. The summed E-state index contributed by atoms with van der Waals surface area (Å²) < 4.78 is 21.7. The zero-order chi connectivity index (χ0) is 40.9. The molecule has 15 heteroatoms. The van der Waals surface area contributed by atoms with Crippen LogP contribution in [0.2, 0.25) is 0 Å². The van der Waals surface area contributed by atoms with Crippen LogP contribution in [-0.2, 0) is 9.59 Å². The van der Waals surface area contributed by atoms with Gasteiger partial charge in [0.25, 0.3) is 0 Å². The van der Waals surface area contributed by atoms with E-state index in [-0.39, 0.29) is 42.3 Å². The molecule has 2 saturated heterocycles. The number of amides is 2. The van der Waals surface area contributed by atoms with Crippen LogP contribution in [-0.4, -0.2) is 88.6 Å². The van der Waals surface area contributed by atoms with Gasteiger partial charge in [0.2, 0.25) is 17.8 Å². The van der Waals surface area contributed by atoms with E-state index in [4.69, 9.17) is 14.5 Å². The largest absolute Gasteiger partial charge is 0.507 e. The molecule has 3 aliphatic rings. The third-order valence-electron chi connectivity index (χ3n) is 11.9. The first-order chi connectivity index (χ1) is 28.5. The van der Waals surface area contributed by atoms with Crippen LogP contribution in [0.4, 0.5) is 10.3 Å². The number of rotatable bonds is 11. The highest BCUT2D eigenvalue weighted by atomic mass is 19.1. The number of hydrogen-bond acceptors (Lipinski definition) is 11. The molecule has 9 rings (SSSR count). The Balaban J connectivity index is 0.883. The van der Waals surface area contributed by atoms with E-state index in [2.05, 4.69) is 36.2 Å². The highest BCUT2D eigenvalue weighted by Crippen LogP contribution is 2.44. The van der Waals surface area contributed by atoms with Gasteiger partial charge in [0.1, 0.15) is 40.5 Å². The number of hydrogen-bond donors (Lipinski definition) is 3. The lowest BCUT2D eigenvalue weighted by Gasteiger charge is -2.29. The molecule has 0 radical (unpaired) electrons. The van der Waals surface area contributed by atoms with Crippen LogP contribution in [0.1, 0.15) is 87.4 Å². The quantitative estimate of drug-likeness (QED) is 0.134. The second-order valence-electron chi connectivity index (χ2n) is 16.4. The number of benzene rings is 2. The lowest BCUT2D eigenvalue weighted by molar-refractivity contribution is -0.141. The van der Waals surface area contributed by atoms with Crippen molar-refractivity contribution in [2.75, 3.05) is 24.5 Å². The monoisotopic (exact) mass is 799 g/mol. The second-order valence-corrected chi connectivity index (χ2v) is 16.4. The molecule has 3 N–H and O–H groups in total. The number of aliphatic hydroxyl groups is 1. The number of phenols is 1. The first-order valence-electron chi connectivity index (χ1n) is 20.3. The van der Waals surface area contributed by atoms with Crippen molar-refractivity contribution < 1.29 is 28.7 Å². The van der Waals surface area contributed by atoms with Gasteiger partial charge in [-0.25, -0.2) is 14.4 Å². The molecule has 4 aromatic heterocycles. The van der Waals surface area contributed by atoms with Crippen LogP contribution in [0.5, 0.6) is 5.75 Å². The van der Waals surface area contributed by atoms with E-state index in [0.29, 0.717) is 40.3 Å². The highest BCUT2D eigenvalue weighted by molar-refractivity contribution is 5.91. The topological polar surface area (TPSA) is 176 Å². The van der Waals surface area contributed by atoms with Crippen molar-refractivity contribution in [3.05, 3.63) is 102 Å². The minimum atomic E-state index is -0.885. The number of nitrogens with one attached hydrogen (secondary N) is 1. The van der Waals surface area contributed by atoms with Crippen molar-refractivity contribution >= 4 is 28.8 Å². The molecule has 6 heterocycles. The molecule has 304 valence electrons. The average molecular weight is 800 g/mol. The molecule has 1 aliphatic carbocycles. The maximum atomic E-state index is 14.2. The zero-order valence-electron chi connectivity index (χ0n) is 33.1. The molecule has 6 aromatic rings. The number of nitrogens with zero attached hydrogens (tertiary/aromatic N) is 8. The number of fused-ring (bicyclic) bond motifs is 1. The second kappa shape index (κ2) is 15.5. The van der Waals surface area contributed by atoms with Crippen LogP contribution < -0.4 is 10.2 Å². The van der Waals surface area contributed by atoms with Crippen LogP contribution in [0.3, 0.4) is 0 Å². The number of β-amino-alcohol motifs (C(OH)–C–C–N with tert-alkyl or cyclic N) is 1. The molecule has 0 bridgehead atoms. The van der Waals surface area contributed by atoms with E-state index < -0.39 is 30.0 Å². The first kappa shape index (κ1) is 38.3. The number of aliphatic hydroxyl groups excluding tert-OH is 1. The lowest BCUT2D eigenvalue weighted by atomic mass is 9.91. The van der Waals surface area contributed by atoms with Gasteiger partial charge in [-0.3, -0.25) is 9.59 Å². The zero-order valence-corrected chi connectivity index (χ0v) is 33.1. The summed E-state index contributed by atoms with van der Waals surface area (Å²) in [7, 11) is 0. The maximum absolute atomic E-state index is 14.2. The summed E-state index contributed by atoms with van der Waals surface area (Å²) in [4.78, 5) is 40.7. The summed E-state index contributed by atoms with van der Waals surface area (Å²) in [6.07, 6.45) is 5.80. The predicted molar refractivity (Wildman–Crippen MR) is 217 cm³/mol. The number of likely N-dealkylation sites (tertiary alicyclic amines) is 1. The van der Waals surface area contributed by atoms with Crippen molar-refractivity contribution in [3.63, 3.8) is 0 Å². The van der Waals surface area contributed by atoms with Gasteiger partial charge in [-0.1, -0.05) is 43.3 Å². The van der Waals surface area contributed by atoms with E-state index in [1.165, 1.54) is 22.7 Å². The molecule has 1 saturated carbocycles. The highest BCUT2D eigenvalue weighted by Gasteiger charge is 2.43. The van der Waals surface area contributed by atoms with Crippen molar-refractivity contribution in [1.82, 2.24) is 40.1 Å². The Labute approximate surface area is 340 Å². The van der Waals surface area contributed by atoms with Gasteiger partial charge >= 0.3 is 0 Å². The molecule has 5 atom stereocenters. The van der Waals surface area contributed by atoms with Crippen LogP contribution in [0.25, 0.3) is 33.5 Å². The van der Waals surface area contributed by atoms with Gasteiger partial charge in [-0.2, -0.15) is 0 Å². The summed E-state index contributed by atoms with van der Waals surface area (Å²) in [5.41, 5.74) is 6.22. The van der Waals surface area contributed by atoms with Crippen molar-refractivity contribution in [2.24, 2.45) is 5.92 Å². The van der Waals surface area contributed by atoms with Crippen LogP contribution >= 0.6 is 0 Å². The molecule has 59 heavy (non-hydrogen) atoms. The van der Waals surface area contributed by atoms with Crippen molar-refractivity contribution in [1.29, 1.82) is 0 Å². The molecule has 2 aliphatic heterocycles. The van der Waals surface area contributed by atoms with Gasteiger partial charge in [0, 0.05) is 73.3 Å². The molecule has 3 fully saturated rings. The number of carbonyl (C=O) groups excluding carboxylic acids is 2. The molecular weight excluding hydrogens is 754 g/mol. The van der Waals surface area contributed by atoms with E-state index in [0.717, 1.165) is 48.9 Å². The Bertz CT molecular complexity index is 2500. The number of para-hydroxylation sites is 1. The van der Waals surface area contributed by atoms with Crippen molar-refractivity contribution in [3.8, 4) is 28.3 Å². The molecule has 0 unspecified atom stereocenters. The van der Waals surface area contributed by atoms with E-state index >= 15 is 0 Å². The normalized spacial score (nSPS) is 20.4. The number of aromatic nitrogens is 6. The number of aromatic hydroxyl groups is 1. The molecule has 0 spiro atoms. The van der Waals surface area contributed by atoms with Gasteiger partial charge in [-0.05, 0) is 74.1 Å². The maximum Gasteiger partial charge on any atom is 0.243 e. The fourth-order valence-electron chi connectivity index (χ4n) is 8.65. The Kier molecular flexibility index (Phi) is 10.1. The van der Waals surface area contributed by atoms with Gasteiger partial charge < -0.3 is 34.4 Å². The SMILES string of the molecule is CC(C)[C@@H](C(=O)N1C[C@H](O)C[C@H]1C(=O)N[C@@H](C)c1ccc(F)cc1)c1cc(-c2cnc(N3CC[C@H](c4cc5nnc(-c6ccccc6O)cc5n4C4CC4)C3)nc2)no1. The summed E-state index contributed by atoms with van der Waals surface area (Å²) in [6.45, 7) is 7.12. The number of halogens is 1. The summed E-state index contributed by atoms with van der Waals surface area (Å²) in [5.74, 6) is -0.716. The third kappa shape index (κ3) is 7.50. The predicted octanol–water partition coefficient (Wildman–Crippen LogP) is 6.30. The van der Waals surface area contributed by atoms with Crippen LogP contribution in [0.15, 0.2) is 83.6 Å². The molecule has 14 nitrogen and oxygen atoms in total. The van der Waals surface area contributed by atoms with Crippen LogP contribution in [0, 0.1) is 11.7 Å². The summed E-state index contributed by atoms with van der Waals surface area (Å²) in [5, 5.41) is 37.3. The number of anilines is 1. The van der Waals surface area contributed by atoms with E-state index in [9.17, 15) is 24.2 Å². The Morgan fingerprint density at radius 3 is 2.42 bits per heavy atom. The molecule has 2 aromatic carbocycles. The van der Waals surface area contributed by atoms with Gasteiger partial charge in [-0.15, -0.1) is 10.2 Å². The van der Waals surface area contributed by atoms with Crippen molar-refractivity contribution in [2.45, 2.75) is 82.5 Å². The minimum absolute atomic E-state index is 0.0101. The molecular formula is C44H46FN9O5. The number of carbonyl (C=O) groups is 2. The van der Waals surface area contributed by atoms with E-state index in [1.54, 1.807) is 49.6 Å². The molecule has 2 amide bonds. The average Bonchev–Trinajstić information content (AvgIpc) is 3.57. The van der Waals surface area contributed by atoms with Gasteiger partial charge in [0.15, 0.2) is 0 Å². The Morgan fingerprint density at radius 2 is 1.69 bits per heavy atom. The third-order valence-corrected chi connectivity index (χ3v) is 11.9. The van der Waals surface area contributed by atoms with E-state index in [1.807, 2.05) is 32.0 Å². The minimum Gasteiger partial charge on any atom is -0.507 e. The smallest absolute Gasteiger partial charge is 0.243 e. The fraction of sp³-hybridized carbons (Fsp3) is 0.386. The first-order valence-corrected chi connectivity index (χ1v) is 20.3. The van der Waals surface area contributed by atoms with Gasteiger partial charge in [0.05, 0.1) is 23.4 Å². The number of phenolic OH excluding ortho intramolecular Hbond substituents is 1. The summed E-state index contributed by atoms with van der Waals surface area (Å²) in [6, 6.07) is 18.1.